The highest BCUT2D eigenvalue weighted by Crippen LogP contribution is 2.20. The maximum Gasteiger partial charge on any atom is 0.251 e. The van der Waals surface area contributed by atoms with Crippen molar-refractivity contribution >= 4 is 5.91 Å². The van der Waals surface area contributed by atoms with Gasteiger partial charge in [0.1, 0.15) is 12.7 Å². The maximum atomic E-state index is 12.5. The second-order valence-electron chi connectivity index (χ2n) is 6.33. The van der Waals surface area contributed by atoms with Crippen LogP contribution in [-0.4, -0.2) is 35.4 Å². The predicted molar refractivity (Wildman–Crippen MR) is 97.3 cm³/mol. The van der Waals surface area contributed by atoms with Gasteiger partial charge in [-0.3, -0.25) is 4.79 Å². The molecule has 0 unspecified atom stereocenters. The van der Waals surface area contributed by atoms with Crippen molar-refractivity contribution in [2.45, 2.75) is 46.3 Å². The normalized spacial score (nSPS) is 11.1. The zero-order valence-electron chi connectivity index (χ0n) is 15.3. The molecule has 1 amide bonds. The monoisotopic (exact) mass is 353 g/mol. The lowest BCUT2D eigenvalue weighted by Gasteiger charge is -2.11. The van der Waals surface area contributed by atoms with Crippen LogP contribution < -0.4 is 5.32 Å². The van der Waals surface area contributed by atoms with E-state index in [0.717, 1.165) is 30.2 Å². The van der Waals surface area contributed by atoms with Crippen molar-refractivity contribution < 1.29 is 4.79 Å². The van der Waals surface area contributed by atoms with Gasteiger partial charge in [0.05, 0.1) is 6.54 Å². The third kappa shape index (κ3) is 3.79. The quantitative estimate of drug-likeness (QED) is 0.704. The summed E-state index contributed by atoms with van der Waals surface area (Å²) < 4.78 is 3.78. The van der Waals surface area contributed by atoms with Crippen molar-refractivity contribution in [3.05, 3.63) is 48.3 Å². The summed E-state index contributed by atoms with van der Waals surface area (Å²) in [6, 6.07) is 7.58. The molecule has 136 valence electrons. The molecular formula is C18H23N7O. The van der Waals surface area contributed by atoms with E-state index >= 15 is 0 Å². The fourth-order valence-corrected chi connectivity index (χ4v) is 2.74. The molecule has 3 rings (SSSR count). The minimum Gasteiger partial charge on any atom is -0.345 e. The number of benzene rings is 1. The first kappa shape index (κ1) is 17.8. The van der Waals surface area contributed by atoms with Crippen LogP contribution in [0.2, 0.25) is 0 Å². The van der Waals surface area contributed by atoms with Crippen LogP contribution in [0.25, 0.3) is 11.4 Å². The summed E-state index contributed by atoms with van der Waals surface area (Å²) in [6.07, 6.45) is 4.20. The van der Waals surface area contributed by atoms with Gasteiger partial charge in [0.2, 0.25) is 0 Å². The van der Waals surface area contributed by atoms with E-state index in [-0.39, 0.29) is 11.9 Å². The Labute approximate surface area is 152 Å². The number of carbonyl (C=O) groups is 1. The highest BCUT2D eigenvalue weighted by molar-refractivity contribution is 5.95. The Balaban J connectivity index is 1.74. The molecule has 26 heavy (non-hydrogen) atoms. The first-order valence-corrected chi connectivity index (χ1v) is 8.75. The summed E-state index contributed by atoms with van der Waals surface area (Å²) in [5, 5.41) is 15.1. The highest BCUT2D eigenvalue weighted by atomic mass is 16.1. The average molecular weight is 353 g/mol. The second-order valence-corrected chi connectivity index (χ2v) is 6.33. The smallest absolute Gasteiger partial charge is 0.251 e. The molecule has 3 aromatic rings. The van der Waals surface area contributed by atoms with E-state index in [2.05, 4.69) is 32.5 Å². The molecule has 2 aromatic heterocycles. The molecule has 0 saturated carbocycles. The van der Waals surface area contributed by atoms with Gasteiger partial charge < -0.3 is 9.88 Å². The van der Waals surface area contributed by atoms with Gasteiger partial charge in [-0.2, -0.15) is 5.10 Å². The number of nitrogens with zero attached hydrogens (tertiary/aromatic N) is 6. The SMILES string of the molecule is CCCn1cnnc1CNC(=O)c1cccc(-c2ncnn2C(C)C)c1. The summed E-state index contributed by atoms with van der Waals surface area (Å²) in [5.74, 6) is 1.33. The number of carbonyl (C=O) groups excluding carboxylic acids is 1. The van der Waals surface area contributed by atoms with Gasteiger partial charge in [-0.1, -0.05) is 19.1 Å². The van der Waals surface area contributed by atoms with Crippen LogP contribution in [-0.2, 0) is 13.1 Å². The molecule has 0 fully saturated rings. The lowest BCUT2D eigenvalue weighted by Crippen LogP contribution is -2.24. The first-order chi connectivity index (χ1) is 12.6. The highest BCUT2D eigenvalue weighted by Gasteiger charge is 2.13. The Morgan fingerprint density at radius 3 is 2.92 bits per heavy atom. The molecule has 0 atom stereocenters. The lowest BCUT2D eigenvalue weighted by molar-refractivity contribution is 0.0949. The predicted octanol–water partition coefficient (Wildman–Crippen LogP) is 2.46. The van der Waals surface area contributed by atoms with E-state index in [4.69, 9.17) is 0 Å². The van der Waals surface area contributed by atoms with Gasteiger partial charge in [-0.25, -0.2) is 9.67 Å². The zero-order chi connectivity index (χ0) is 18.5. The van der Waals surface area contributed by atoms with Gasteiger partial charge in [-0.05, 0) is 32.4 Å². The van der Waals surface area contributed by atoms with Crippen LogP contribution in [0.15, 0.2) is 36.9 Å². The number of amides is 1. The average Bonchev–Trinajstić information content (AvgIpc) is 3.29. The zero-order valence-corrected chi connectivity index (χ0v) is 15.3. The maximum absolute atomic E-state index is 12.5. The van der Waals surface area contributed by atoms with E-state index in [1.807, 2.05) is 41.3 Å². The van der Waals surface area contributed by atoms with E-state index in [1.165, 1.54) is 6.33 Å². The molecule has 0 aliphatic carbocycles. The van der Waals surface area contributed by atoms with Crippen molar-refractivity contribution in [1.29, 1.82) is 0 Å². The van der Waals surface area contributed by atoms with Gasteiger partial charge in [0.25, 0.3) is 5.91 Å². The van der Waals surface area contributed by atoms with E-state index in [9.17, 15) is 4.79 Å². The van der Waals surface area contributed by atoms with E-state index in [0.29, 0.717) is 12.1 Å². The van der Waals surface area contributed by atoms with Crippen LogP contribution in [0.4, 0.5) is 0 Å². The van der Waals surface area contributed by atoms with Gasteiger partial charge in [-0.15, -0.1) is 10.2 Å². The first-order valence-electron chi connectivity index (χ1n) is 8.75. The molecule has 0 aliphatic rings. The minimum absolute atomic E-state index is 0.159. The fourth-order valence-electron chi connectivity index (χ4n) is 2.74. The van der Waals surface area contributed by atoms with E-state index in [1.54, 1.807) is 12.4 Å². The third-order valence-corrected chi connectivity index (χ3v) is 4.01. The Kier molecular flexibility index (Phi) is 5.40. The summed E-state index contributed by atoms with van der Waals surface area (Å²) in [6.45, 7) is 7.34. The van der Waals surface area contributed by atoms with E-state index < -0.39 is 0 Å². The molecule has 8 heteroatoms. The molecule has 1 N–H and O–H groups in total. The van der Waals surface area contributed by atoms with Crippen LogP contribution in [0.1, 0.15) is 49.4 Å². The lowest BCUT2D eigenvalue weighted by atomic mass is 10.1. The van der Waals surface area contributed by atoms with Crippen LogP contribution >= 0.6 is 0 Å². The number of aromatic nitrogens is 6. The fraction of sp³-hybridized carbons (Fsp3) is 0.389. The number of aryl methyl sites for hydroxylation is 1. The minimum atomic E-state index is -0.159. The standard InChI is InChI=1S/C18H23N7O/c1-4-8-24-12-21-23-16(24)10-19-18(26)15-7-5-6-14(9-15)17-20-11-22-25(17)13(2)3/h5-7,9,11-13H,4,8,10H2,1-3H3,(H,19,26). The van der Waals surface area contributed by atoms with Crippen molar-refractivity contribution in [2.24, 2.45) is 0 Å². The van der Waals surface area contributed by atoms with Gasteiger partial charge >= 0.3 is 0 Å². The Morgan fingerprint density at radius 1 is 1.31 bits per heavy atom. The van der Waals surface area contributed by atoms with Crippen molar-refractivity contribution in [2.75, 3.05) is 0 Å². The van der Waals surface area contributed by atoms with Crippen molar-refractivity contribution in [3.63, 3.8) is 0 Å². The van der Waals surface area contributed by atoms with Crippen LogP contribution in [0.5, 0.6) is 0 Å². The third-order valence-electron chi connectivity index (χ3n) is 4.01. The van der Waals surface area contributed by atoms with Gasteiger partial charge in [0, 0.05) is 23.7 Å². The van der Waals surface area contributed by atoms with Crippen LogP contribution in [0, 0.1) is 0 Å². The second kappa shape index (κ2) is 7.90. The van der Waals surface area contributed by atoms with Crippen molar-refractivity contribution in [3.8, 4) is 11.4 Å². The summed E-state index contributed by atoms with van der Waals surface area (Å²) in [5.41, 5.74) is 1.43. The summed E-state index contributed by atoms with van der Waals surface area (Å²) in [7, 11) is 0. The molecule has 1 aromatic carbocycles. The van der Waals surface area contributed by atoms with Crippen molar-refractivity contribution in [1.82, 2.24) is 34.8 Å². The largest absolute Gasteiger partial charge is 0.345 e. The Bertz CT molecular complexity index is 881. The Morgan fingerprint density at radius 2 is 2.15 bits per heavy atom. The number of nitrogens with one attached hydrogen (secondary N) is 1. The molecule has 8 nitrogen and oxygen atoms in total. The molecule has 2 heterocycles. The molecule has 0 spiro atoms. The molecule has 0 radical (unpaired) electrons. The summed E-state index contributed by atoms with van der Waals surface area (Å²) >= 11 is 0. The molecule has 0 saturated heterocycles. The number of hydrogen-bond acceptors (Lipinski definition) is 5. The van der Waals surface area contributed by atoms with Crippen LogP contribution in [0.3, 0.4) is 0 Å². The Hall–Kier alpha value is -3.03. The summed E-state index contributed by atoms with van der Waals surface area (Å²) in [4.78, 5) is 16.9. The van der Waals surface area contributed by atoms with Gasteiger partial charge in [0.15, 0.2) is 11.6 Å². The molecular weight excluding hydrogens is 330 g/mol. The molecule has 0 bridgehead atoms. The molecule has 0 aliphatic heterocycles. The number of rotatable bonds is 7. The topological polar surface area (TPSA) is 90.5 Å². The number of hydrogen-bond donors (Lipinski definition) is 1.